The molecule has 0 bridgehead atoms. The van der Waals surface area contributed by atoms with Gasteiger partial charge in [-0.15, -0.1) is 0 Å². The molecule has 0 fully saturated rings. The summed E-state index contributed by atoms with van der Waals surface area (Å²) in [6.45, 7) is 2.16. The Bertz CT molecular complexity index is 550. The van der Waals surface area contributed by atoms with Crippen LogP contribution in [0.1, 0.15) is 17.3 Å². The zero-order chi connectivity index (χ0) is 11.7. The summed E-state index contributed by atoms with van der Waals surface area (Å²) in [7, 11) is 0. The number of carboxylic acid groups (broad SMARTS) is 1. The van der Waals surface area contributed by atoms with Crippen molar-refractivity contribution in [3.63, 3.8) is 0 Å². The number of ether oxygens (including phenoxy) is 1. The first-order valence-corrected chi connectivity index (χ1v) is 4.67. The standard InChI is InChI=1S/C10H9FN2O3/c1-2-16-10-12-7-4-5(11)3-6(9(14)15)8(7)13-10/h3-4H,2H2,1H3,(H,12,13)(H,14,15). The fourth-order valence-electron chi connectivity index (χ4n) is 1.43. The van der Waals surface area contributed by atoms with Crippen molar-refractivity contribution in [1.82, 2.24) is 9.97 Å². The molecule has 0 amide bonds. The summed E-state index contributed by atoms with van der Waals surface area (Å²) in [6, 6.07) is 2.30. The third kappa shape index (κ3) is 1.69. The van der Waals surface area contributed by atoms with E-state index in [1.165, 1.54) is 6.07 Å². The molecule has 2 rings (SSSR count). The van der Waals surface area contributed by atoms with Crippen LogP contribution >= 0.6 is 0 Å². The molecule has 16 heavy (non-hydrogen) atoms. The van der Waals surface area contributed by atoms with E-state index in [2.05, 4.69) is 9.97 Å². The maximum Gasteiger partial charge on any atom is 0.338 e. The number of nitrogens with zero attached hydrogens (tertiary/aromatic N) is 1. The molecule has 0 radical (unpaired) electrons. The van der Waals surface area contributed by atoms with E-state index >= 15 is 0 Å². The van der Waals surface area contributed by atoms with E-state index in [0.29, 0.717) is 12.1 Å². The fourth-order valence-corrected chi connectivity index (χ4v) is 1.43. The lowest BCUT2D eigenvalue weighted by molar-refractivity contribution is 0.0698. The Morgan fingerprint density at radius 2 is 2.38 bits per heavy atom. The highest BCUT2D eigenvalue weighted by Gasteiger charge is 2.15. The van der Waals surface area contributed by atoms with E-state index in [1.807, 2.05) is 0 Å². The number of hydrogen-bond donors (Lipinski definition) is 2. The number of nitrogens with one attached hydrogen (secondary N) is 1. The number of aromatic carboxylic acids is 1. The molecule has 5 nitrogen and oxygen atoms in total. The minimum absolute atomic E-state index is 0.183. The second kappa shape index (κ2) is 3.80. The summed E-state index contributed by atoms with van der Waals surface area (Å²) < 4.78 is 18.2. The summed E-state index contributed by atoms with van der Waals surface area (Å²) in [4.78, 5) is 17.5. The van der Waals surface area contributed by atoms with Crippen LogP contribution in [0.2, 0.25) is 0 Å². The Morgan fingerprint density at radius 1 is 1.62 bits per heavy atom. The summed E-state index contributed by atoms with van der Waals surface area (Å²) in [5.41, 5.74) is 0.315. The van der Waals surface area contributed by atoms with Gasteiger partial charge in [-0.1, -0.05) is 0 Å². The van der Waals surface area contributed by atoms with Gasteiger partial charge in [0.15, 0.2) is 0 Å². The SMILES string of the molecule is CCOc1nc2c(C(=O)O)cc(F)cc2[nH]1. The van der Waals surface area contributed by atoms with Gasteiger partial charge in [-0.05, 0) is 19.1 Å². The van der Waals surface area contributed by atoms with Gasteiger partial charge in [-0.3, -0.25) is 0 Å². The van der Waals surface area contributed by atoms with Gasteiger partial charge in [0, 0.05) is 0 Å². The highest BCUT2D eigenvalue weighted by Crippen LogP contribution is 2.21. The molecule has 0 saturated heterocycles. The van der Waals surface area contributed by atoms with Crippen LogP contribution in [0.5, 0.6) is 6.01 Å². The zero-order valence-electron chi connectivity index (χ0n) is 8.45. The Kier molecular flexibility index (Phi) is 2.47. The molecular weight excluding hydrogens is 215 g/mol. The van der Waals surface area contributed by atoms with Gasteiger partial charge < -0.3 is 14.8 Å². The molecule has 0 aliphatic carbocycles. The minimum Gasteiger partial charge on any atom is -0.478 e. The topological polar surface area (TPSA) is 75.2 Å². The number of H-pyrrole nitrogens is 1. The maximum absolute atomic E-state index is 13.1. The van der Waals surface area contributed by atoms with Crippen molar-refractivity contribution in [2.45, 2.75) is 6.92 Å². The first kappa shape index (κ1) is 10.4. The lowest BCUT2D eigenvalue weighted by atomic mass is 10.2. The molecule has 0 atom stereocenters. The number of aromatic amines is 1. The van der Waals surface area contributed by atoms with Gasteiger partial charge in [0.2, 0.25) is 0 Å². The van der Waals surface area contributed by atoms with Crippen LogP contribution < -0.4 is 4.74 Å². The van der Waals surface area contributed by atoms with Gasteiger partial charge in [0.1, 0.15) is 11.3 Å². The first-order valence-electron chi connectivity index (χ1n) is 4.67. The molecule has 6 heteroatoms. The first-order chi connectivity index (χ1) is 7.61. The maximum atomic E-state index is 13.1. The quantitative estimate of drug-likeness (QED) is 0.833. The van der Waals surface area contributed by atoms with Crippen LogP contribution in [0, 0.1) is 5.82 Å². The number of carboxylic acids is 1. The van der Waals surface area contributed by atoms with Crippen molar-refractivity contribution in [3.05, 3.63) is 23.5 Å². The predicted molar refractivity (Wildman–Crippen MR) is 54.2 cm³/mol. The third-order valence-electron chi connectivity index (χ3n) is 2.04. The fraction of sp³-hybridized carbons (Fsp3) is 0.200. The minimum atomic E-state index is -1.22. The summed E-state index contributed by atoms with van der Waals surface area (Å²) in [5.74, 6) is -1.85. The summed E-state index contributed by atoms with van der Waals surface area (Å²) in [5, 5.41) is 8.89. The van der Waals surface area contributed by atoms with Crippen LogP contribution in [0.15, 0.2) is 12.1 Å². The van der Waals surface area contributed by atoms with Crippen molar-refractivity contribution in [2.75, 3.05) is 6.61 Å². The highest BCUT2D eigenvalue weighted by molar-refractivity contribution is 6.01. The molecule has 0 unspecified atom stereocenters. The average Bonchev–Trinajstić information content (AvgIpc) is 2.59. The smallest absolute Gasteiger partial charge is 0.338 e. The number of carbonyl (C=O) groups is 1. The lowest BCUT2D eigenvalue weighted by Gasteiger charge is -1.95. The number of aromatic nitrogens is 2. The lowest BCUT2D eigenvalue weighted by Crippen LogP contribution is -1.98. The Morgan fingerprint density at radius 3 is 3.00 bits per heavy atom. The number of fused-ring (bicyclic) bond motifs is 1. The van der Waals surface area contributed by atoms with Crippen LogP contribution in [-0.4, -0.2) is 27.7 Å². The van der Waals surface area contributed by atoms with Gasteiger partial charge >= 0.3 is 5.97 Å². The number of halogens is 1. The monoisotopic (exact) mass is 224 g/mol. The summed E-state index contributed by atoms with van der Waals surface area (Å²) >= 11 is 0. The molecule has 84 valence electrons. The number of benzene rings is 1. The van der Waals surface area contributed by atoms with Gasteiger partial charge in [-0.25, -0.2) is 9.18 Å². The molecule has 0 saturated carbocycles. The highest BCUT2D eigenvalue weighted by atomic mass is 19.1. The van der Waals surface area contributed by atoms with Crippen LogP contribution in [-0.2, 0) is 0 Å². The van der Waals surface area contributed by atoms with Crippen molar-refractivity contribution >= 4 is 17.0 Å². The average molecular weight is 224 g/mol. The predicted octanol–water partition coefficient (Wildman–Crippen LogP) is 1.80. The van der Waals surface area contributed by atoms with Crippen LogP contribution in [0.4, 0.5) is 4.39 Å². The van der Waals surface area contributed by atoms with Crippen molar-refractivity contribution < 1.29 is 19.0 Å². The molecule has 1 heterocycles. The molecular formula is C10H9FN2O3. The van der Waals surface area contributed by atoms with Crippen LogP contribution in [0.25, 0.3) is 11.0 Å². The van der Waals surface area contributed by atoms with Crippen molar-refractivity contribution in [1.29, 1.82) is 0 Å². The molecule has 0 aliphatic rings. The van der Waals surface area contributed by atoms with E-state index in [-0.39, 0.29) is 17.1 Å². The second-order valence-electron chi connectivity index (χ2n) is 3.13. The molecule has 0 spiro atoms. The Hall–Kier alpha value is -2.11. The van der Waals surface area contributed by atoms with Gasteiger partial charge in [0.05, 0.1) is 17.7 Å². The Labute approximate surface area is 89.9 Å². The van der Waals surface area contributed by atoms with Gasteiger partial charge in [0.25, 0.3) is 6.01 Å². The summed E-state index contributed by atoms with van der Waals surface area (Å²) in [6.07, 6.45) is 0. The van der Waals surface area contributed by atoms with E-state index in [1.54, 1.807) is 6.92 Å². The van der Waals surface area contributed by atoms with E-state index in [9.17, 15) is 9.18 Å². The van der Waals surface area contributed by atoms with Gasteiger partial charge in [-0.2, -0.15) is 4.98 Å². The second-order valence-corrected chi connectivity index (χ2v) is 3.13. The Balaban J connectivity index is 2.65. The van der Waals surface area contributed by atoms with E-state index < -0.39 is 11.8 Å². The molecule has 1 aromatic heterocycles. The van der Waals surface area contributed by atoms with Crippen molar-refractivity contribution in [3.8, 4) is 6.01 Å². The molecule has 2 N–H and O–H groups in total. The third-order valence-corrected chi connectivity index (χ3v) is 2.04. The van der Waals surface area contributed by atoms with Crippen molar-refractivity contribution in [2.24, 2.45) is 0 Å². The van der Waals surface area contributed by atoms with E-state index in [4.69, 9.17) is 9.84 Å². The number of rotatable bonds is 3. The normalized spacial score (nSPS) is 10.6. The zero-order valence-corrected chi connectivity index (χ0v) is 8.45. The number of hydrogen-bond acceptors (Lipinski definition) is 3. The van der Waals surface area contributed by atoms with Crippen LogP contribution in [0.3, 0.4) is 0 Å². The largest absolute Gasteiger partial charge is 0.478 e. The molecule has 0 aliphatic heterocycles. The molecule has 2 aromatic rings. The van der Waals surface area contributed by atoms with E-state index in [0.717, 1.165) is 6.07 Å². The molecule has 1 aromatic carbocycles. The number of imidazole rings is 1.